The fourth-order valence-electron chi connectivity index (χ4n) is 7.26. The number of nitrogens with zero attached hydrogens (tertiary/aromatic N) is 5. The highest BCUT2D eigenvalue weighted by Crippen LogP contribution is 2.45. The highest BCUT2D eigenvalue weighted by Gasteiger charge is 2.23. The molecule has 0 aliphatic carbocycles. The maximum absolute atomic E-state index is 4.90. The summed E-state index contributed by atoms with van der Waals surface area (Å²) < 4.78 is 6.96. The first-order valence-corrected chi connectivity index (χ1v) is 14.5. The van der Waals surface area contributed by atoms with Crippen molar-refractivity contribution in [3.63, 3.8) is 0 Å². The monoisotopic (exact) mass is 549 g/mol. The van der Waals surface area contributed by atoms with Gasteiger partial charge >= 0.3 is 0 Å². The molecule has 0 N–H and O–H groups in total. The zero-order valence-electron chi connectivity index (χ0n) is 23.0. The SMILES string of the molecule is c1ccc(-n2c3ccccc3c3c2ccc2c4c5c(ccc4n(-c4ccccc4)c23)c2cccnc2n2ccnc52)cc1. The number of benzene rings is 5. The van der Waals surface area contributed by atoms with E-state index in [1.165, 1.54) is 38.1 Å². The maximum Gasteiger partial charge on any atom is 0.146 e. The van der Waals surface area contributed by atoms with Gasteiger partial charge in [-0.1, -0.05) is 66.7 Å². The molecule has 0 unspecified atom stereocenters. The van der Waals surface area contributed by atoms with E-state index in [0.29, 0.717) is 0 Å². The first-order valence-electron chi connectivity index (χ1n) is 14.5. The lowest BCUT2D eigenvalue weighted by atomic mass is 10.0. The van der Waals surface area contributed by atoms with Crippen LogP contribution in [0.2, 0.25) is 0 Å². The van der Waals surface area contributed by atoms with Crippen LogP contribution in [0.25, 0.3) is 82.4 Å². The fourth-order valence-corrected chi connectivity index (χ4v) is 7.26. The van der Waals surface area contributed by atoms with E-state index in [2.05, 4.69) is 129 Å². The maximum atomic E-state index is 4.90. The van der Waals surface area contributed by atoms with Crippen molar-refractivity contribution < 1.29 is 0 Å². The Hall–Kier alpha value is -5.94. The van der Waals surface area contributed by atoms with Gasteiger partial charge in [0.15, 0.2) is 0 Å². The van der Waals surface area contributed by atoms with Crippen molar-refractivity contribution in [1.29, 1.82) is 0 Å². The summed E-state index contributed by atoms with van der Waals surface area (Å²) >= 11 is 0. The summed E-state index contributed by atoms with van der Waals surface area (Å²) in [6.45, 7) is 0. The van der Waals surface area contributed by atoms with E-state index >= 15 is 0 Å². The molecule has 43 heavy (non-hydrogen) atoms. The molecule has 5 heteroatoms. The van der Waals surface area contributed by atoms with Crippen LogP contribution in [0.3, 0.4) is 0 Å². The van der Waals surface area contributed by atoms with Crippen LogP contribution in [0.4, 0.5) is 0 Å². The molecule has 5 nitrogen and oxygen atoms in total. The Morgan fingerprint density at radius 2 is 1.05 bits per heavy atom. The number of hydrogen-bond donors (Lipinski definition) is 0. The average Bonchev–Trinajstić information content (AvgIpc) is 3.78. The molecular formula is C38H23N5. The predicted molar refractivity (Wildman–Crippen MR) is 177 cm³/mol. The third kappa shape index (κ3) is 2.90. The minimum atomic E-state index is 0.918. The van der Waals surface area contributed by atoms with Gasteiger partial charge in [-0.3, -0.25) is 4.40 Å². The van der Waals surface area contributed by atoms with Gasteiger partial charge in [0.05, 0.1) is 22.1 Å². The first-order chi connectivity index (χ1) is 21.4. The van der Waals surface area contributed by atoms with Gasteiger partial charge in [0.2, 0.25) is 0 Å². The lowest BCUT2D eigenvalue weighted by Gasteiger charge is -2.11. The van der Waals surface area contributed by atoms with E-state index in [1.807, 2.05) is 24.7 Å². The summed E-state index contributed by atoms with van der Waals surface area (Å²) in [5.41, 5.74) is 8.86. The van der Waals surface area contributed by atoms with E-state index in [9.17, 15) is 0 Å². The number of hydrogen-bond acceptors (Lipinski definition) is 2. The van der Waals surface area contributed by atoms with E-state index < -0.39 is 0 Å². The second-order valence-electron chi connectivity index (χ2n) is 11.1. The van der Waals surface area contributed by atoms with E-state index in [0.717, 1.165) is 44.3 Å². The Kier molecular flexibility index (Phi) is 4.39. The number of para-hydroxylation sites is 3. The van der Waals surface area contributed by atoms with Gasteiger partial charge in [-0.15, -0.1) is 0 Å². The Morgan fingerprint density at radius 1 is 0.395 bits per heavy atom. The highest BCUT2D eigenvalue weighted by molar-refractivity contribution is 6.33. The van der Waals surface area contributed by atoms with Crippen LogP contribution in [-0.2, 0) is 0 Å². The zero-order valence-corrected chi connectivity index (χ0v) is 23.0. The highest BCUT2D eigenvalue weighted by atomic mass is 15.0. The number of fused-ring (bicyclic) bond motifs is 14. The third-order valence-electron chi connectivity index (χ3n) is 8.93. The number of rotatable bonds is 2. The lowest BCUT2D eigenvalue weighted by Crippen LogP contribution is -1.95. The molecule has 0 bridgehead atoms. The summed E-state index contributed by atoms with van der Waals surface area (Å²) in [5.74, 6) is 0. The molecule has 0 atom stereocenters. The molecule has 10 rings (SSSR count). The fraction of sp³-hybridized carbons (Fsp3) is 0. The van der Waals surface area contributed by atoms with E-state index in [1.54, 1.807) is 0 Å². The summed E-state index contributed by atoms with van der Waals surface area (Å²) in [5, 5.41) is 8.32. The minimum Gasteiger partial charge on any atom is -0.309 e. The average molecular weight is 550 g/mol. The largest absolute Gasteiger partial charge is 0.309 e. The molecular weight excluding hydrogens is 526 g/mol. The molecule has 200 valence electrons. The van der Waals surface area contributed by atoms with Crippen molar-refractivity contribution in [2.24, 2.45) is 0 Å². The van der Waals surface area contributed by atoms with Gasteiger partial charge in [0.25, 0.3) is 0 Å². The second-order valence-corrected chi connectivity index (χ2v) is 11.1. The second kappa shape index (κ2) is 8.30. The minimum absolute atomic E-state index is 0.918. The standard InChI is InChI=1S/C38H23N5/c1-3-10-24(11-4-1)42-30-16-8-7-14-28(30)34-32(42)20-18-29-33-31(43(36(29)34)25-12-5-2-6-13-25)19-17-26-27-15-9-21-39-37(27)41-23-22-40-38(41)35(26)33/h1-23H. The predicted octanol–water partition coefficient (Wildman–Crippen LogP) is 9.23. The van der Waals surface area contributed by atoms with Gasteiger partial charge < -0.3 is 9.13 Å². The van der Waals surface area contributed by atoms with Gasteiger partial charge in [0, 0.05) is 62.3 Å². The van der Waals surface area contributed by atoms with Crippen LogP contribution in [0.1, 0.15) is 0 Å². The molecule has 0 radical (unpaired) electrons. The third-order valence-corrected chi connectivity index (χ3v) is 8.93. The molecule has 0 aliphatic heterocycles. The van der Waals surface area contributed by atoms with Crippen molar-refractivity contribution >= 4 is 71.1 Å². The van der Waals surface area contributed by atoms with Crippen LogP contribution >= 0.6 is 0 Å². The Bertz CT molecular complexity index is 2710. The van der Waals surface area contributed by atoms with Gasteiger partial charge in [-0.25, -0.2) is 9.97 Å². The van der Waals surface area contributed by atoms with E-state index in [4.69, 9.17) is 9.97 Å². The quantitative estimate of drug-likeness (QED) is 0.202. The van der Waals surface area contributed by atoms with Crippen LogP contribution in [0, 0.1) is 0 Å². The molecule has 0 aliphatic rings. The topological polar surface area (TPSA) is 40.0 Å². The van der Waals surface area contributed by atoms with Crippen LogP contribution < -0.4 is 0 Å². The lowest BCUT2D eigenvalue weighted by molar-refractivity contribution is 1.17. The van der Waals surface area contributed by atoms with Crippen molar-refractivity contribution in [3.8, 4) is 11.4 Å². The normalized spacial score (nSPS) is 12.2. The molecule has 5 aromatic heterocycles. The van der Waals surface area contributed by atoms with Gasteiger partial charge in [-0.2, -0.15) is 0 Å². The summed E-state index contributed by atoms with van der Waals surface area (Å²) in [6, 6.07) is 43.5. The van der Waals surface area contributed by atoms with Crippen molar-refractivity contribution in [1.82, 2.24) is 23.5 Å². The number of aromatic nitrogens is 5. The summed E-state index contributed by atoms with van der Waals surface area (Å²) in [4.78, 5) is 9.65. The van der Waals surface area contributed by atoms with Crippen LogP contribution in [0.15, 0.2) is 140 Å². The Morgan fingerprint density at radius 3 is 1.86 bits per heavy atom. The summed E-state index contributed by atoms with van der Waals surface area (Å²) in [6.07, 6.45) is 5.75. The van der Waals surface area contributed by atoms with Crippen molar-refractivity contribution in [3.05, 3.63) is 140 Å². The molecule has 5 heterocycles. The van der Waals surface area contributed by atoms with Crippen LogP contribution in [-0.4, -0.2) is 23.5 Å². The summed E-state index contributed by atoms with van der Waals surface area (Å²) in [7, 11) is 0. The first kappa shape index (κ1) is 22.7. The number of pyridine rings is 2. The Labute approximate surface area is 245 Å². The van der Waals surface area contributed by atoms with E-state index in [-0.39, 0.29) is 0 Å². The molecule has 0 fully saturated rings. The Balaban J connectivity index is 1.51. The molecule has 5 aromatic carbocycles. The van der Waals surface area contributed by atoms with Crippen molar-refractivity contribution in [2.75, 3.05) is 0 Å². The number of imidazole rings is 1. The molecule has 0 saturated carbocycles. The molecule has 0 saturated heterocycles. The molecule has 10 aromatic rings. The molecule has 0 amide bonds. The van der Waals surface area contributed by atoms with Crippen molar-refractivity contribution in [2.45, 2.75) is 0 Å². The van der Waals surface area contributed by atoms with Gasteiger partial charge in [0.1, 0.15) is 11.3 Å². The smallest absolute Gasteiger partial charge is 0.146 e. The zero-order chi connectivity index (χ0) is 28.1. The van der Waals surface area contributed by atoms with Crippen LogP contribution in [0.5, 0.6) is 0 Å². The molecule has 0 spiro atoms. The van der Waals surface area contributed by atoms with Gasteiger partial charge in [-0.05, 0) is 60.0 Å².